The number of nitrogens with zero attached hydrogens (tertiary/aromatic N) is 1. The molecule has 0 spiro atoms. The third kappa shape index (κ3) is 2.70. The second kappa shape index (κ2) is 4.42. The highest BCUT2D eigenvalue weighted by Crippen LogP contribution is 2.11. The highest BCUT2D eigenvalue weighted by atomic mass is 16.3. The molecule has 78 valence electrons. The Bertz CT molecular complexity index is 353. The van der Waals surface area contributed by atoms with Gasteiger partial charge in [0.2, 0.25) is 0 Å². The lowest BCUT2D eigenvalue weighted by Crippen LogP contribution is -2.24. The fourth-order valence-corrected chi connectivity index (χ4v) is 1.32. The van der Waals surface area contributed by atoms with Crippen LogP contribution in [0.4, 0.5) is 0 Å². The minimum atomic E-state index is -0.491. The molecule has 0 saturated heterocycles. The molecule has 0 radical (unpaired) electrons. The lowest BCUT2D eigenvalue weighted by atomic mass is 10.1. The summed E-state index contributed by atoms with van der Waals surface area (Å²) in [6, 6.07) is 3.39. The molecule has 0 saturated carbocycles. The monoisotopic (exact) mass is 195 g/mol. The maximum atomic E-state index is 11.4. The molecule has 0 fully saturated rings. The molecule has 0 amide bonds. The van der Waals surface area contributed by atoms with Crippen molar-refractivity contribution in [2.75, 3.05) is 0 Å². The molecule has 3 heteroatoms. The van der Waals surface area contributed by atoms with Crippen LogP contribution in [-0.4, -0.2) is 15.8 Å². The zero-order chi connectivity index (χ0) is 10.7. The molecular weight excluding hydrogens is 178 g/mol. The Labute approximate surface area is 84.0 Å². The molecule has 1 atom stereocenters. The van der Waals surface area contributed by atoms with E-state index in [1.54, 1.807) is 17.6 Å². The SMILES string of the molecule is CC(C)c1ccc(=O)n(C[C@H](C)O)c1. The van der Waals surface area contributed by atoms with Crippen LogP contribution in [0, 0.1) is 0 Å². The molecule has 0 unspecified atom stereocenters. The maximum Gasteiger partial charge on any atom is 0.250 e. The topological polar surface area (TPSA) is 42.2 Å². The number of pyridine rings is 1. The van der Waals surface area contributed by atoms with Gasteiger partial charge in [0.1, 0.15) is 0 Å². The number of hydrogen-bond acceptors (Lipinski definition) is 2. The summed E-state index contributed by atoms with van der Waals surface area (Å²) in [4.78, 5) is 11.4. The first-order valence-corrected chi connectivity index (χ1v) is 4.89. The van der Waals surface area contributed by atoms with Crippen LogP contribution in [0.25, 0.3) is 0 Å². The van der Waals surface area contributed by atoms with Crippen LogP contribution in [0.1, 0.15) is 32.3 Å². The lowest BCUT2D eigenvalue weighted by molar-refractivity contribution is 0.172. The van der Waals surface area contributed by atoms with Crippen molar-refractivity contribution in [2.45, 2.75) is 39.3 Å². The van der Waals surface area contributed by atoms with Crippen molar-refractivity contribution in [3.63, 3.8) is 0 Å². The van der Waals surface area contributed by atoms with E-state index >= 15 is 0 Å². The van der Waals surface area contributed by atoms with E-state index in [1.807, 2.05) is 12.3 Å². The summed E-state index contributed by atoms with van der Waals surface area (Å²) in [5, 5.41) is 9.20. The average molecular weight is 195 g/mol. The standard InChI is InChI=1S/C11H17NO2/c1-8(2)10-4-5-11(14)12(7-10)6-9(3)13/h4-5,7-9,13H,6H2,1-3H3/t9-/m0/s1. The van der Waals surface area contributed by atoms with Crippen LogP contribution in [0.3, 0.4) is 0 Å². The molecule has 1 N–H and O–H groups in total. The van der Waals surface area contributed by atoms with Gasteiger partial charge in [-0.2, -0.15) is 0 Å². The molecule has 0 aliphatic rings. The Balaban J connectivity index is 3.02. The number of aromatic nitrogens is 1. The van der Waals surface area contributed by atoms with Crippen LogP contribution in [0.2, 0.25) is 0 Å². The van der Waals surface area contributed by atoms with Crippen molar-refractivity contribution in [3.8, 4) is 0 Å². The Morgan fingerprint density at radius 1 is 1.36 bits per heavy atom. The second-order valence-electron chi connectivity index (χ2n) is 3.96. The van der Waals surface area contributed by atoms with Crippen LogP contribution < -0.4 is 5.56 Å². The zero-order valence-corrected chi connectivity index (χ0v) is 8.90. The van der Waals surface area contributed by atoms with Gasteiger partial charge >= 0.3 is 0 Å². The van der Waals surface area contributed by atoms with Crippen LogP contribution >= 0.6 is 0 Å². The van der Waals surface area contributed by atoms with Crippen LogP contribution in [0.5, 0.6) is 0 Å². The average Bonchev–Trinajstić information content (AvgIpc) is 2.07. The quantitative estimate of drug-likeness (QED) is 0.791. The molecule has 0 aliphatic carbocycles. The van der Waals surface area contributed by atoms with Gasteiger partial charge in [-0.25, -0.2) is 0 Å². The Kier molecular flexibility index (Phi) is 3.47. The number of aliphatic hydroxyl groups excluding tert-OH is 1. The van der Waals surface area contributed by atoms with Crippen LogP contribution in [0.15, 0.2) is 23.1 Å². The molecule has 0 aromatic carbocycles. The largest absolute Gasteiger partial charge is 0.392 e. The summed E-state index contributed by atoms with van der Waals surface area (Å²) in [7, 11) is 0. The molecular formula is C11H17NO2. The highest BCUT2D eigenvalue weighted by Gasteiger charge is 2.04. The summed E-state index contributed by atoms with van der Waals surface area (Å²) < 4.78 is 1.56. The predicted octanol–water partition coefficient (Wildman–Crippen LogP) is 1.35. The van der Waals surface area contributed by atoms with E-state index in [0.717, 1.165) is 5.56 Å². The molecule has 3 nitrogen and oxygen atoms in total. The van der Waals surface area contributed by atoms with Crippen molar-refractivity contribution in [1.82, 2.24) is 4.57 Å². The van der Waals surface area contributed by atoms with E-state index in [9.17, 15) is 9.90 Å². The maximum absolute atomic E-state index is 11.4. The molecule has 1 heterocycles. The first-order chi connectivity index (χ1) is 6.50. The van der Waals surface area contributed by atoms with E-state index in [-0.39, 0.29) is 5.56 Å². The highest BCUT2D eigenvalue weighted by molar-refractivity contribution is 5.13. The normalized spacial score (nSPS) is 13.2. The van der Waals surface area contributed by atoms with Crippen LogP contribution in [-0.2, 0) is 6.54 Å². The lowest BCUT2D eigenvalue weighted by Gasteiger charge is -2.11. The Morgan fingerprint density at radius 3 is 2.50 bits per heavy atom. The van der Waals surface area contributed by atoms with Gasteiger partial charge in [0.05, 0.1) is 12.6 Å². The van der Waals surface area contributed by atoms with Gasteiger partial charge in [-0.15, -0.1) is 0 Å². The van der Waals surface area contributed by atoms with Gasteiger partial charge in [-0.1, -0.05) is 19.9 Å². The van der Waals surface area contributed by atoms with Gasteiger partial charge in [0.25, 0.3) is 5.56 Å². The van der Waals surface area contributed by atoms with E-state index in [0.29, 0.717) is 12.5 Å². The molecule has 14 heavy (non-hydrogen) atoms. The first-order valence-electron chi connectivity index (χ1n) is 4.89. The molecule has 1 aromatic rings. The third-order valence-corrected chi connectivity index (χ3v) is 2.13. The minimum Gasteiger partial charge on any atom is -0.392 e. The minimum absolute atomic E-state index is 0.0599. The van der Waals surface area contributed by atoms with Gasteiger partial charge < -0.3 is 9.67 Å². The number of hydrogen-bond donors (Lipinski definition) is 1. The summed E-state index contributed by atoms with van der Waals surface area (Å²) in [5.41, 5.74) is 1.06. The summed E-state index contributed by atoms with van der Waals surface area (Å²) in [5.74, 6) is 0.399. The molecule has 0 bridgehead atoms. The third-order valence-electron chi connectivity index (χ3n) is 2.13. The van der Waals surface area contributed by atoms with Crippen molar-refractivity contribution in [2.24, 2.45) is 0 Å². The number of rotatable bonds is 3. The summed E-state index contributed by atoms with van der Waals surface area (Å²) >= 11 is 0. The smallest absolute Gasteiger partial charge is 0.250 e. The number of aliphatic hydroxyl groups is 1. The summed E-state index contributed by atoms with van der Waals surface area (Å²) in [6.07, 6.45) is 1.33. The van der Waals surface area contributed by atoms with Crippen molar-refractivity contribution < 1.29 is 5.11 Å². The van der Waals surface area contributed by atoms with E-state index in [2.05, 4.69) is 13.8 Å². The predicted molar refractivity (Wildman–Crippen MR) is 56.5 cm³/mol. The van der Waals surface area contributed by atoms with E-state index < -0.39 is 6.10 Å². The van der Waals surface area contributed by atoms with E-state index in [4.69, 9.17) is 0 Å². The van der Waals surface area contributed by atoms with Gasteiger partial charge in [0, 0.05) is 12.3 Å². The van der Waals surface area contributed by atoms with Gasteiger partial charge in [0.15, 0.2) is 0 Å². The zero-order valence-electron chi connectivity index (χ0n) is 8.90. The second-order valence-corrected chi connectivity index (χ2v) is 3.96. The van der Waals surface area contributed by atoms with Gasteiger partial charge in [-0.05, 0) is 18.4 Å². The van der Waals surface area contributed by atoms with Crippen molar-refractivity contribution in [1.29, 1.82) is 0 Å². The molecule has 1 rings (SSSR count). The molecule has 0 aliphatic heterocycles. The Hall–Kier alpha value is -1.09. The fraction of sp³-hybridized carbons (Fsp3) is 0.545. The van der Waals surface area contributed by atoms with Gasteiger partial charge in [-0.3, -0.25) is 4.79 Å². The Morgan fingerprint density at radius 2 is 2.00 bits per heavy atom. The van der Waals surface area contributed by atoms with E-state index in [1.165, 1.54) is 0 Å². The molecule has 1 aromatic heterocycles. The first kappa shape index (κ1) is 11.0. The summed E-state index contributed by atoms with van der Waals surface area (Å²) in [6.45, 7) is 6.19. The fourth-order valence-electron chi connectivity index (χ4n) is 1.32. The van der Waals surface area contributed by atoms with Crippen molar-refractivity contribution in [3.05, 3.63) is 34.2 Å². The van der Waals surface area contributed by atoms with Crippen molar-refractivity contribution >= 4 is 0 Å².